The summed E-state index contributed by atoms with van der Waals surface area (Å²) in [5.41, 5.74) is 0. The molecule has 0 aliphatic rings. The zero-order valence-electron chi connectivity index (χ0n) is 8.91. The molecule has 15 heavy (non-hydrogen) atoms. The number of amidine groups is 3. The highest BCUT2D eigenvalue weighted by atomic mass is 15.1. The highest BCUT2D eigenvalue weighted by molar-refractivity contribution is 6.10. The second-order valence-corrected chi connectivity index (χ2v) is 2.84. The lowest BCUT2D eigenvalue weighted by atomic mass is 10.3. The van der Waals surface area contributed by atoms with Gasteiger partial charge in [0.1, 0.15) is 11.7 Å². The fourth-order valence-corrected chi connectivity index (χ4v) is 0.749. The first-order valence-electron chi connectivity index (χ1n) is 4.52. The van der Waals surface area contributed by atoms with Crippen molar-refractivity contribution in [2.45, 2.75) is 19.8 Å². The third-order valence-corrected chi connectivity index (χ3v) is 1.53. The molecular formula is C8H17N7. The van der Waals surface area contributed by atoms with Gasteiger partial charge in [-0.1, -0.05) is 6.92 Å². The van der Waals surface area contributed by atoms with Gasteiger partial charge in [0.05, 0.1) is 12.3 Å². The molecule has 0 atom stereocenters. The number of hydrogen-bond acceptors (Lipinski definition) is 4. The van der Waals surface area contributed by atoms with E-state index in [1.54, 1.807) is 7.05 Å². The van der Waals surface area contributed by atoms with Gasteiger partial charge in [-0.05, 0) is 0 Å². The highest BCUT2D eigenvalue weighted by Crippen LogP contribution is 1.84. The molecule has 0 spiro atoms. The molecule has 7 N–H and O–H groups in total. The Morgan fingerprint density at radius 3 is 1.93 bits per heavy atom. The van der Waals surface area contributed by atoms with Gasteiger partial charge in [-0.3, -0.25) is 21.6 Å². The summed E-state index contributed by atoms with van der Waals surface area (Å²) in [6, 6.07) is 0. The molecule has 0 saturated carbocycles. The van der Waals surface area contributed by atoms with Gasteiger partial charge in [-0.15, -0.1) is 0 Å². The summed E-state index contributed by atoms with van der Waals surface area (Å²) in [4.78, 5) is 0. The van der Waals surface area contributed by atoms with E-state index in [4.69, 9.17) is 21.6 Å². The molecule has 0 heterocycles. The summed E-state index contributed by atoms with van der Waals surface area (Å²) in [5.74, 6) is 0.369. The van der Waals surface area contributed by atoms with Crippen molar-refractivity contribution in [2.24, 2.45) is 0 Å². The van der Waals surface area contributed by atoms with E-state index in [1.807, 2.05) is 6.92 Å². The molecule has 0 rings (SSSR count). The molecule has 0 amide bonds. The number of nitrogens with one attached hydrogen (secondary N) is 7. The van der Waals surface area contributed by atoms with E-state index in [9.17, 15) is 0 Å². The Hall–Kier alpha value is -1.92. The Morgan fingerprint density at radius 2 is 1.47 bits per heavy atom. The molecule has 0 fully saturated rings. The number of rotatable bonds is 3. The summed E-state index contributed by atoms with van der Waals surface area (Å²) in [7, 11) is 1.57. The van der Waals surface area contributed by atoms with Crippen molar-refractivity contribution in [1.82, 2.24) is 16.0 Å². The molecule has 0 aromatic rings. The first-order chi connectivity index (χ1) is 6.99. The zero-order valence-corrected chi connectivity index (χ0v) is 8.91. The topological polar surface area (TPSA) is 131 Å². The Balaban J connectivity index is 3.92. The predicted molar refractivity (Wildman–Crippen MR) is 61.1 cm³/mol. The predicted octanol–water partition coefficient (Wildman–Crippen LogP) is 0.0517. The van der Waals surface area contributed by atoms with E-state index >= 15 is 0 Å². The third kappa shape index (κ3) is 6.19. The van der Waals surface area contributed by atoms with Gasteiger partial charge in [-0.2, -0.15) is 0 Å². The largest absolute Gasteiger partial charge is 0.359 e. The molecule has 84 valence electrons. The van der Waals surface area contributed by atoms with Gasteiger partial charge in [0.2, 0.25) is 0 Å². The van der Waals surface area contributed by atoms with Crippen LogP contribution < -0.4 is 16.0 Å². The van der Waals surface area contributed by atoms with Crippen molar-refractivity contribution in [1.29, 1.82) is 21.6 Å². The zero-order chi connectivity index (χ0) is 11.8. The molecule has 0 aliphatic heterocycles. The SMILES string of the molecule is CCC(=N)NC(=N)CC(=N)NC(=N)NC. The minimum atomic E-state index is 0.0124. The van der Waals surface area contributed by atoms with Crippen LogP contribution in [0.4, 0.5) is 0 Å². The Morgan fingerprint density at radius 1 is 0.933 bits per heavy atom. The minimum Gasteiger partial charge on any atom is -0.359 e. The number of guanidine groups is 1. The normalized spacial score (nSPS) is 8.93. The van der Waals surface area contributed by atoms with Crippen LogP contribution in [0.15, 0.2) is 0 Å². The van der Waals surface area contributed by atoms with Gasteiger partial charge < -0.3 is 16.0 Å². The Bertz CT molecular complexity index is 253. The van der Waals surface area contributed by atoms with Crippen molar-refractivity contribution in [3.8, 4) is 0 Å². The summed E-state index contributed by atoms with van der Waals surface area (Å²) < 4.78 is 0. The smallest absolute Gasteiger partial charge is 0.193 e. The van der Waals surface area contributed by atoms with Crippen LogP contribution in [0.25, 0.3) is 0 Å². The maximum absolute atomic E-state index is 7.43. The molecule has 0 bridgehead atoms. The lowest BCUT2D eigenvalue weighted by Crippen LogP contribution is -2.40. The maximum atomic E-state index is 7.43. The summed E-state index contributed by atoms with van der Waals surface area (Å²) in [5, 5.41) is 36.8. The van der Waals surface area contributed by atoms with Crippen LogP contribution in [0.3, 0.4) is 0 Å². The lowest BCUT2D eigenvalue weighted by molar-refractivity contribution is 1.04. The molecule has 0 aromatic carbocycles. The fraction of sp³-hybridized carbons (Fsp3) is 0.500. The first-order valence-corrected chi connectivity index (χ1v) is 4.52. The average Bonchev–Trinajstić information content (AvgIpc) is 2.16. The minimum absolute atomic E-state index is 0.0124. The van der Waals surface area contributed by atoms with Gasteiger partial charge in [0.15, 0.2) is 5.96 Å². The van der Waals surface area contributed by atoms with Crippen LogP contribution in [0, 0.1) is 21.6 Å². The van der Waals surface area contributed by atoms with Gasteiger partial charge in [0.25, 0.3) is 0 Å². The van der Waals surface area contributed by atoms with Crippen LogP contribution in [0.2, 0.25) is 0 Å². The summed E-state index contributed by atoms with van der Waals surface area (Å²) in [6.45, 7) is 1.81. The monoisotopic (exact) mass is 211 g/mol. The molecule has 7 nitrogen and oxygen atoms in total. The van der Waals surface area contributed by atoms with Crippen LogP contribution in [0.1, 0.15) is 19.8 Å². The first kappa shape index (κ1) is 13.1. The van der Waals surface area contributed by atoms with Crippen LogP contribution in [-0.4, -0.2) is 30.5 Å². The van der Waals surface area contributed by atoms with E-state index in [0.717, 1.165) is 0 Å². The van der Waals surface area contributed by atoms with Crippen molar-refractivity contribution in [3.63, 3.8) is 0 Å². The molecule has 0 unspecified atom stereocenters. The van der Waals surface area contributed by atoms with Crippen molar-refractivity contribution < 1.29 is 0 Å². The molecule has 0 aromatic heterocycles. The van der Waals surface area contributed by atoms with Crippen molar-refractivity contribution >= 4 is 23.5 Å². The molecule has 0 saturated heterocycles. The van der Waals surface area contributed by atoms with E-state index < -0.39 is 0 Å². The molecule has 7 heteroatoms. The third-order valence-electron chi connectivity index (χ3n) is 1.53. The molecular weight excluding hydrogens is 194 g/mol. The summed E-state index contributed by atoms with van der Waals surface area (Å²) >= 11 is 0. The Labute approximate surface area is 88.7 Å². The van der Waals surface area contributed by atoms with Gasteiger partial charge in [-0.25, -0.2) is 0 Å². The number of hydrogen-bond donors (Lipinski definition) is 7. The Kier molecular flexibility index (Phi) is 5.69. The molecule has 0 aliphatic carbocycles. The van der Waals surface area contributed by atoms with E-state index in [1.165, 1.54) is 0 Å². The van der Waals surface area contributed by atoms with E-state index in [-0.39, 0.29) is 29.9 Å². The highest BCUT2D eigenvalue weighted by Gasteiger charge is 2.04. The van der Waals surface area contributed by atoms with Gasteiger partial charge in [0, 0.05) is 13.5 Å². The van der Waals surface area contributed by atoms with E-state index in [0.29, 0.717) is 6.42 Å². The van der Waals surface area contributed by atoms with E-state index in [2.05, 4.69) is 16.0 Å². The summed E-state index contributed by atoms with van der Waals surface area (Å²) in [6.07, 6.45) is 0.571. The maximum Gasteiger partial charge on any atom is 0.193 e. The quantitative estimate of drug-likeness (QED) is 0.263. The van der Waals surface area contributed by atoms with Crippen molar-refractivity contribution in [2.75, 3.05) is 7.05 Å². The fourth-order valence-electron chi connectivity index (χ4n) is 0.749. The second kappa shape index (κ2) is 6.52. The standard InChI is InChI=1S/C8H17N7/c1-3-5(9)14-6(10)4-7(11)15-8(12)13-2/h3-4H2,1-2H3,(H3,9,10,14)(H4,11,12,13,15). The van der Waals surface area contributed by atoms with Crippen molar-refractivity contribution in [3.05, 3.63) is 0 Å². The van der Waals surface area contributed by atoms with Crippen LogP contribution >= 0.6 is 0 Å². The lowest BCUT2D eigenvalue weighted by Gasteiger charge is -2.10. The van der Waals surface area contributed by atoms with Gasteiger partial charge >= 0.3 is 0 Å². The molecule has 0 radical (unpaired) electrons. The second-order valence-electron chi connectivity index (χ2n) is 2.84. The van der Waals surface area contributed by atoms with Crippen LogP contribution in [0.5, 0.6) is 0 Å². The van der Waals surface area contributed by atoms with Crippen LogP contribution in [-0.2, 0) is 0 Å². The average molecular weight is 211 g/mol.